The van der Waals surface area contributed by atoms with E-state index in [0.717, 1.165) is 22.6 Å². The van der Waals surface area contributed by atoms with Gasteiger partial charge < -0.3 is 15.2 Å². The molecule has 5 heteroatoms. The van der Waals surface area contributed by atoms with E-state index in [1.165, 1.54) is 0 Å². The van der Waals surface area contributed by atoms with E-state index in [-0.39, 0.29) is 6.61 Å². The van der Waals surface area contributed by atoms with Crippen molar-refractivity contribution in [3.8, 4) is 5.75 Å². The second-order valence-corrected chi connectivity index (χ2v) is 5.90. The van der Waals surface area contributed by atoms with Gasteiger partial charge in [-0.3, -0.25) is 0 Å². The van der Waals surface area contributed by atoms with Crippen molar-refractivity contribution in [2.24, 2.45) is 0 Å². The largest absolute Gasteiger partial charge is 0.489 e. The highest BCUT2D eigenvalue weighted by atomic mass is 32.2. The van der Waals surface area contributed by atoms with Gasteiger partial charge in [0.1, 0.15) is 19.0 Å². The molecule has 0 unspecified atom stereocenters. The number of hydrogen-bond acceptors (Lipinski definition) is 4. The first-order valence-corrected chi connectivity index (χ1v) is 8.45. The van der Waals surface area contributed by atoms with Gasteiger partial charge in [0.05, 0.1) is 5.69 Å². The Bertz CT molecular complexity index is 644. The van der Waals surface area contributed by atoms with Gasteiger partial charge in [-0.2, -0.15) is 0 Å². The summed E-state index contributed by atoms with van der Waals surface area (Å²) in [5.41, 5.74) is 9.47. The smallest absolute Gasteiger partial charge is 0.142 e. The van der Waals surface area contributed by atoms with Gasteiger partial charge in [-0.25, -0.2) is 4.39 Å². The molecule has 0 aliphatic heterocycles. The lowest BCUT2D eigenvalue weighted by Gasteiger charge is -2.08. The molecule has 0 heterocycles. The van der Waals surface area contributed by atoms with Crippen molar-refractivity contribution < 1.29 is 9.13 Å². The quantitative estimate of drug-likeness (QED) is 0.411. The molecule has 3 N–H and O–H groups in total. The molecule has 0 amide bonds. The van der Waals surface area contributed by atoms with Crippen LogP contribution < -0.4 is 15.2 Å². The zero-order valence-corrected chi connectivity index (χ0v) is 13.9. The van der Waals surface area contributed by atoms with Crippen molar-refractivity contribution in [2.45, 2.75) is 6.92 Å². The predicted octanol–water partition coefficient (Wildman–Crippen LogP) is 4.87. The number of halogens is 1. The van der Waals surface area contributed by atoms with Gasteiger partial charge in [-0.1, -0.05) is 49.2 Å². The van der Waals surface area contributed by atoms with E-state index >= 15 is 0 Å². The van der Waals surface area contributed by atoms with E-state index in [2.05, 4.69) is 11.6 Å². The van der Waals surface area contributed by atoms with Crippen molar-refractivity contribution in [1.82, 2.24) is 0 Å². The van der Waals surface area contributed by atoms with E-state index in [1.807, 2.05) is 48.6 Å². The second-order valence-electron chi connectivity index (χ2n) is 4.83. The monoisotopic (exact) mass is 332 g/mol. The van der Waals surface area contributed by atoms with Crippen LogP contribution in [-0.2, 0) is 0 Å². The van der Waals surface area contributed by atoms with Gasteiger partial charge in [-0.15, -0.1) is 0 Å². The lowest BCUT2D eigenvalue weighted by atomic mass is 10.1. The van der Waals surface area contributed by atoms with Gasteiger partial charge >= 0.3 is 0 Å². The van der Waals surface area contributed by atoms with Crippen LogP contribution in [0.1, 0.15) is 18.1 Å². The van der Waals surface area contributed by atoms with Crippen LogP contribution in [-0.4, -0.2) is 19.0 Å². The molecule has 0 saturated carbocycles. The zero-order chi connectivity index (χ0) is 16.5. The summed E-state index contributed by atoms with van der Waals surface area (Å²) < 4.78 is 20.8. The van der Waals surface area contributed by atoms with E-state index in [0.29, 0.717) is 11.4 Å². The summed E-state index contributed by atoms with van der Waals surface area (Å²) in [5, 5.41) is 0. The number of hydrogen-bond donors (Lipinski definition) is 2. The third kappa shape index (κ3) is 5.53. The first kappa shape index (κ1) is 17.2. The maximum Gasteiger partial charge on any atom is 0.142 e. The molecule has 122 valence electrons. The minimum atomic E-state index is -0.532. The standard InChI is InChI=1S/C18H21FN2OS/c1-2-23-21-16-8-5-14(6-9-16)3-4-15-7-10-17(20)18(13-15)22-12-11-19/h3-10,13,21H,2,11-12,20H2,1H3/b4-3+. The first-order chi connectivity index (χ1) is 11.2. The molecule has 3 nitrogen and oxygen atoms in total. The number of nitrogens with two attached hydrogens (primary N) is 1. The Labute approximate surface area is 140 Å². The summed E-state index contributed by atoms with van der Waals surface area (Å²) in [7, 11) is 0. The summed E-state index contributed by atoms with van der Waals surface area (Å²) in [6.07, 6.45) is 3.99. The molecule has 0 aliphatic carbocycles. The van der Waals surface area contributed by atoms with Gasteiger partial charge in [-0.05, 0) is 35.4 Å². The molecule has 2 aromatic rings. The average molecular weight is 332 g/mol. The third-order valence-corrected chi connectivity index (χ3v) is 3.75. The van der Waals surface area contributed by atoms with Gasteiger partial charge in [0.25, 0.3) is 0 Å². The lowest BCUT2D eigenvalue weighted by molar-refractivity contribution is 0.274. The van der Waals surface area contributed by atoms with Crippen LogP contribution in [0.3, 0.4) is 0 Å². The Hall–Kier alpha value is -2.14. The Balaban J connectivity index is 2.04. The van der Waals surface area contributed by atoms with Gasteiger partial charge in [0.15, 0.2) is 0 Å². The van der Waals surface area contributed by atoms with Crippen LogP contribution in [0.25, 0.3) is 12.2 Å². The maximum atomic E-state index is 12.2. The highest BCUT2D eigenvalue weighted by Gasteiger charge is 2.01. The number of benzene rings is 2. The van der Waals surface area contributed by atoms with Crippen LogP contribution in [0.4, 0.5) is 15.8 Å². The van der Waals surface area contributed by atoms with Crippen LogP contribution in [0.2, 0.25) is 0 Å². The molecule has 0 spiro atoms. The highest BCUT2D eigenvalue weighted by Crippen LogP contribution is 2.24. The maximum absolute atomic E-state index is 12.2. The van der Waals surface area contributed by atoms with Crippen molar-refractivity contribution in [1.29, 1.82) is 0 Å². The predicted molar refractivity (Wildman–Crippen MR) is 99.4 cm³/mol. The molecule has 0 atom stereocenters. The van der Waals surface area contributed by atoms with Crippen LogP contribution >= 0.6 is 11.9 Å². The fourth-order valence-corrected chi connectivity index (χ4v) is 2.39. The highest BCUT2D eigenvalue weighted by molar-refractivity contribution is 8.00. The molecule has 23 heavy (non-hydrogen) atoms. The normalized spacial score (nSPS) is 10.9. The Morgan fingerprint density at radius 2 is 1.83 bits per heavy atom. The summed E-state index contributed by atoms with van der Waals surface area (Å²) in [5.74, 6) is 1.53. The second kappa shape index (κ2) is 9.10. The van der Waals surface area contributed by atoms with E-state index < -0.39 is 6.67 Å². The number of rotatable bonds is 8. The molecule has 0 aliphatic rings. The van der Waals surface area contributed by atoms with Crippen molar-refractivity contribution in [3.63, 3.8) is 0 Å². The SMILES string of the molecule is CCSNc1ccc(/C=C/c2ccc(N)c(OCCF)c2)cc1. The Kier molecular flexibility index (Phi) is 6.81. The number of anilines is 2. The molecular formula is C18H21FN2OS. The van der Waals surface area contributed by atoms with E-state index in [1.54, 1.807) is 18.0 Å². The number of ether oxygens (including phenoxy) is 1. The zero-order valence-electron chi connectivity index (χ0n) is 13.1. The summed E-state index contributed by atoms with van der Waals surface area (Å²) in [6, 6.07) is 13.7. The molecule has 0 bridgehead atoms. The lowest BCUT2D eigenvalue weighted by Crippen LogP contribution is -2.01. The summed E-state index contributed by atoms with van der Waals surface area (Å²) in [4.78, 5) is 0. The van der Waals surface area contributed by atoms with Gasteiger partial charge in [0.2, 0.25) is 0 Å². The average Bonchev–Trinajstić information content (AvgIpc) is 2.59. The Morgan fingerprint density at radius 3 is 2.52 bits per heavy atom. The Morgan fingerprint density at radius 1 is 1.13 bits per heavy atom. The number of alkyl halides is 1. The fraction of sp³-hybridized carbons (Fsp3) is 0.222. The fourth-order valence-electron chi connectivity index (χ4n) is 1.94. The first-order valence-electron chi connectivity index (χ1n) is 7.47. The minimum Gasteiger partial charge on any atom is -0.489 e. The number of nitrogen functional groups attached to an aromatic ring is 1. The van der Waals surface area contributed by atoms with E-state index in [9.17, 15) is 4.39 Å². The molecule has 0 saturated heterocycles. The minimum absolute atomic E-state index is 0.0155. The van der Waals surface area contributed by atoms with Crippen molar-refractivity contribution >= 4 is 35.5 Å². The van der Waals surface area contributed by atoms with Crippen LogP contribution in [0.5, 0.6) is 5.75 Å². The summed E-state index contributed by atoms with van der Waals surface area (Å²) in [6.45, 7) is 1.59. The molecular weight excluding hydrogens is 311 g/mol. The molecule has 0 radical (unpaired) electrons. The molecule has 2 rings (SSSR count). The topological polar surface area (TPSA) is 47.3 Å². The van der Waals surface area contributed by atoms with Crippen molar-refractivity contribution in [2.75, 3.05) is 29.5 Å². The van der Waals surface area contributed by atoms with Gasteiger partial charge in [0, 0.05) is 11.4 Å². The van der Waals surface area contributed by atoms with Crippen LogP contribution in [0.15, 0.2) is 42.5 Å². The number of nitrogens with one attached hydrogen (secondary N) is 1. The molecule has 0 aromatic heterocycles. The molecule has 2 aromatic carbocycles. The van der Waals surface area contributed by atoms with Crippen LogP contribution in [0, 0.1) is 0 Å². The van der Waals surface area contributed by atoms with E-state index in [4.69, 9.17) is 10.5 Å². The summed E-state index contributed by atoms with van der Waals surface area (Å²) >= 11 is 1.67. The molecule has 0 fully saturated rings. The third-order valence-electron chi connectivity index (χ3n) is 3.09. The van der Waals surface area contributed by atoms with Crippen molar-refractivity contribution in [3.05, 3.63) is 53.6 Å².